The van der Waals surface area contributed by atoms with E-state index in [1.54, 1.807) is 30.3 Å². The van der Waals surface area contributed by atoms with Crippen LogP contribution in [0.4, 0.5) is 5.69 Å². The Bertz CT molecular complexity index is 726. The normalized spacial score (nSPS) is 10.1. The van der Waals surface area contributed by atoms with Crippen LogP contribution >= 0.6 is 23.4 Å². The molecule has 0 bridgehead atoms. The molecule has 0 fully saturated rings. The van der Waals surface area contributed by atoms with Crippen LogP contribution in [-0.2, 0) is 11.2 Å². The van der Waals surface area contributed by atoms with Gasteiger partial charge in [0.05, 0.1) is 11.3 Å². The number of halogens is 1. The lowest BCUT2D eigenvalue weighted by Crippen LogP contribution is -2.14. The van der Waals surface area contributed by atoms with Gasteiger partial charge >= 0.3 is 0 Å². The molecule has 0 saturated carbocycles. The molecule has 2 rings (SSSR count). The number of carbonyl (C=O) groups is 1. The fraction of sp³-hybridized carbons (Fsp3) is 0.235. The number of hydrogen-bond acceptors (Lipinski definition) is 4. The molecular formula is C17H16ClN3OS. The summed E-state index contributed by atoms with van der Waals surface area (Å²) < 4.78 is 0. The molecule has 0 aliphatic carbocycles. The largest absolute Gasteiger partial charge is 0.325 e. The Labute approximate surface area is 144 Å². The van der Waals surface area contributed by atoms with E-state index in [9.17, 15) is 4.79 Å². The minimum Gasteiger partial charge on any atom is -0.325 e. The van der Waals surface area contributed by atoms with E-state index in [1.807, 2.05) is 6.07 Å². The molecule has 23 heavy (non-hydrogen) atoms. The quantitative estimate of drug-likeness (QED) is 0.793. The van der Waals surface area contributed by atoms with E-state index in [0.717, 1.165) is 18.5 Å². The number of rotatable bonds is 6. The van der Waals surface area contributed by atoms with Gasteiger partial charge in [0.1, 0.15) is 11.1 Å². The van der Waals surface area contributed by atoms with Crippen molar-refractivity contribution in [2.75, 3.05) is 11.1 Å². The molecule has 6 heteroatoms. The lowest BCUT2D eigenvalue weighted by Gasteiger charge is -2.07. The number of hydrogen-bond donors (Lipinski definition) is 1. The number of amides is 1. The zero-order valence-electron chi connectivity index (χ0n) is 12.7. The summed E-state index contributed by atoms with van der Waals surface area (Å²) in [7, 11) is 0. The minimum atomic E-state index is -0.149. The molecule has 0 spiro atoms. The number of carbonyl (C=O) groups excluding carboxylic acids is 1. The van der Waals surface area contributed by atoms with Gasteiger partial charge in [-0.15, -0.1) is 0 Å². The third-order valence-corrected chi connectivity index (χ3v) is 4.26. The van der Waals surface area contributed by atoms with Crippen molar-refractivity contribution in [1.82, 2.24) is 4.98 Å². The lowest BCUT2D eigenvalue weighted by molar-refractivity contribution is -0.113. The van der Waals surface area contributed by atoms with E-state index in [1.165, 1.54) is 11.8 Å². The second kappa shape index (κ2) is 8.56. The summed E-state index contributed by atoms with van der Waals surface area (Å²) in [5, 5.41) is 13.2. The Balaban J connectivity index is 1.99. The van der Waals surface area contributed by atoms with Gasteiger partial charge in [-0.05, 0) is 42.8 Å². The third kappa shape index (κ3) is 5.27. The van der Waals surface area contributed by atoms with Crippen molar-refractivity contribution in [3.8, 4) is 6.07 Å². The SMILES string of the molecule is CCCc1ccc(C#N)c(SCC(=O)Nc2ccc(Cl)cc2)n1. The summed E-state index contributed by atoms with van der Waals surface area (Å²) in [5.41, 5.74) is 2.12. The van der Waals surface area contributed by atoms with Crippen molar-refractivity contribution in [2.24, 2.45) is 0 Å². The first-order valence-electron chi connectivity index (χ1n) is 7.20. The zero-order valence-corrected chi connectivity index (χ0v) is 14.2. The molecule has 1 aromatic carbocycles. The molecule has 0 atom stereocenters. The first kappa shape index (κ1) is 17.3. The van der Waals surface area contributed by atoms with Crippen LogP contribution in [0.1, 0.15) is 24.6 Å². The Morgan fingerprint density at radius 2 is 2.04 bits per heavy atom. The van der Waals surface area contributed by atoms with E-state index in [-0.39, 0.29) is 11.7 Å². The molecule has 4 nitrogen and oxygen atoms in total. The highest BCUT2D eigenvalue weighted by Crippen LogP contribution is 2.21. The Kier molecular flexibility index (Phi) is 6.45. The van der Waals surface area contributed by atoms with Gasteiger partial charge in [0.15, 0.2) is 0 Å². The first-order valence-corrected chi connectivity index (χ1v) is 8.57. The fourth-order valence-corrected chi connectivity index (χ4v) is 2.85. The molecule has 1 aromatic heterocycles. The van der Waals surface area contributed by atoms with Crippen LogP contribution in [0.3, 0.4) is 0 Å². The summed E-state index contributed by atoms with van der Waals surface area (Å²) in [6.07, 6.45) is 1.84. The number of nitrogens with zero attached hydrogens (tertiary/aromatic N) is 2. The van der Waals surface area contributed by atoms with E-state index in [4.69, 9.17) is 16.9 Å². The molecule has 0 aliphatic rings. The van der Waals surface area contributed by atoms with Gasteiger partial charge in [0.25, 0.3) is 0 Å². The second-order valence-corrected chi connectivity index (χ2v) is 6.26. The Morgan fingerprint density at radius 1 is 1.30 bits per heavy atom. The topological polar surface area (TPSA) is 65.8 Å². The lowest BCUT2D eigenvalue weighted by atomic mass is 10.2. The average molecular weight is 346 g/mol. The number of pyridine rings is 1. The third-order valence-electron chi connectivity index (χ3n) is 3.01. The molecule has 2 aromatic rings. The van der Waals surface area contributed by atoms with Crippen LogP contribution in [0.5, 0.6) is 0 Å². The predicted molar refractivity (Wildman–Crippen MR) is 93.8 cm³/mol. The Hall–Kier alpha value is -2.03. The molecule has 1 amide bonds. The minimum absolute atomic E-state index is 0.149. The van der Waals surface area contributed by atoms with Crippen molar-refractivity contribution in [1.29, 1.82) is 5.26 Å². The van der Waals surface area contributed by atoms with Gasteiger partial charge in [0.2, 0.25) is 5.91 Å². The highest BCUT2D eigenvalue weighted by Gasteiger charge is 2.10. The van der Waals surface area contributed by atoms with E-state index in [0.29, 0.717) is 21.3 Å². The summed E-state index contributed by atoms with van der Waals surface area (Å²) in [4.78, 5) is 16.5. The fourth-order valence-electron chi connectivity index (χ4n) is 1.93. The van der Waals surface area contributed by atoms with E-state index < -0.39 is 0 Å². The van der Waals surface area contributed by atoms with Gasteiger partial charge < -0.3 is 5.32 Å². The van der Waals surface area contributed by atoms with Crippen LogP contribution in [0.25, 0.3) is 0 Å². The molecule has 0 unspecified atom stereocenters. The number of benzene rings is 1. The van der Waals surface area contributed by atoms with Crippen LogP contribution in [0.2, 0.25) is 5.02 Å². The number of thioether (sulfide) groups is 1. The van der Waals surface area contributed by atoms with Gasteiger partial charge in [-0.2, -0.15) is 5.26 Å². The number of aryl methyl sites for hydroxylation is 1. The summed E-state index contributed by atoms with van der Waals surface area (Å²) in [6, 6.07) is 12.7. The maximum absolute atomic E-state index is 12.0. The van der Waals surface area contributed by atoms with E-state index >= 15 is 0 Å². The summed E-state index contributed by atoms with van der Waals surface area (Å²) in [6.45, 7) is 2.08. The molecule has 0 saturated heterocycles. The number of anilines is 1. The van der Waals surface area contributed by atoms with E-state index in [2.05, 4.69) is 23.3 Å². The number of nitriles is 1. The highest BCUT2D eigenvalue weighted by molar-refractivity contribution is 8.00. The molecule has 1 N–H and O–H groups in total. The van der Waals surface area contributed by atoms with Crippen LogP contribution in [-0.4, -0.2) is 16.6 Å². The monoisotopic (exact) mass is 345 g/mol. The maximum Gasteiger partial charge on any atom is 0.234 e. The first-order chi connectivity index (χ1) is 11.1. The number of nitrogens with one attached hydrogen (secondary N) is 1. The van der Waals surface area contributed by atoms with Gasteiger partial charge in [0, 0.05) is 16.4 Å². The molecular weight excluding hydrogens is 330 g/mol. The van der Waals surface area contributed by atoms with Crippen LogP contribution in [0, 0.1) is 11.3 Å². The van der Waals surface area contributed by atoms with Crippen LogP contribution in [0.15, 0.2) is 41.4 Å². The molecule has 0 aliphatic heterocycles. The molecule has 1 heterocycles. The number of aromatic nitrogens is 1. The van der Waals surface area contributed by atoms with Gasteiger partial charge in [-0.3, -0.25) is 4.79 Å². The zero-order chi connectivity index (χ0) is 16.7. The van der Waals surface area contributed by atoms with Crippen LogP contribution < -0.4 is 5.32 Å². The second-order valence-electron chi connectivity index (χ2n) is 4.86. The van der Waals surface area contributed by atoms with Gasteiger partial charge in [-0.1, -0.05) is 36.7 Å². The average Bonchev–Trinajstić information content (AvgIpc) is 2.55. The van der Waals surface area contributed by atoms with Crippen molar-refractivity contribution in [3.05, 3.63) is 52.7 Å². The van der Waals surface area contributed by atoms with Crippen molar-refractivity contribution < 1.29 is 4.79 Å². The maximum atomic E-state index is 12.0. The predicted octanol–water partition coefficient (Wildman–Crippen LogP) is 4.29. The smallest absolute Gasteiger partial charge is 0.234 e. The van der Waals surface area contributed by atoms with Crippen molar-refractivity contribution in [2.45, 2.75) is 24.8 Å². The standard InChI is InChI=1S/C17H16ClN3OS/c1-2-3-14-7-4-12(10-19)17(21-14)23-11-16(22)20-15-8-5-13(18)6-9-15/h4-9H,2-3,11H2,1H3,(H,20,22). The van der Waals surface area contributed by atoms with Crippen molar-refractivity contribution >= 4 is 35.0 Å². The van der Waals surface area contributed by atoms with Gasteiger partial charge in [-0.25, -0.2) is 4.98 Å². The highest BCUT2D eigenvalue weighted by atomic mass is 35.5. The molecule has 118 valence electrons. The molecule has 0 radical (unpaired) electrons. The Morgan fingerprint density at radius 3 is 2.70 bits per heavy atom. The van der Waals surface area contributed by atoms with Crippen molar-refractivity contribution in [3.63, 3.8) is 0 Å². The summed E-state index contributed by atoms with van der Waals surface area (Å²) >= 11 is 7.08. The summed E-state index contributed by atoms with van der Waals surface area (Å²) in [5.74, 6) is 0.0452.